The molecule has 146 valence electrons. The molecule has 1 aliphatic carbocycles. The predicted octanol–water partition coefficient (Wildman–Crippen LogP) is 4.03. The molecule has 0 bridgehead atoms. The smallest absolute Gasteiger partial charge is 0.200 e. The molecule has 0 radical (unpaired) electrons. The highest BCUT2D eigenvalue weighted by molar-refractivity contribution is 5.58. The lowest BCUT2D eigenvalue weighted by Gasteiger charge is -2.21. The molecule has 4 aromatic rings. The summed E-state index contributed by atoms with van der Waals surface area (Å²) in [4.78, 5) is 8.92. The van der Waals surface area contributed by atoms with Gasteiger partial charge in [-0.1, -0.05) is 35.8 Å². The van der Waals surface area contributed by atoms with E-state index in [9.17, 15) is 4.39 Å². The van der Waals surface area contributed by atoms with Crippen LogP contribution in [0.1, 0.15) is 36.5 Å². The van der Waals surface area contributed by atoms with E-state index < -0.39 is 0 Å². The third-order valence-corrected chi connectivity index (χ3v) is 5.21. The van der Waals surface area contributed by atoms with Crippen LogP contribution in [0.3, 0.4) is 0 Å². The van der Waals surface area contributed by atoms with Gasteiger partial charge in [0.2, 0.25) is 0 Å². The van der Waals surface area contributed by atoms with E-state index in [0.29, 0.717) is 40.3 Å². The summed E-state index contributed by atoms with van der Waals surface area (Å²) >= 11 is 0. The minimum absolute atomic E-state index is 0.211. The summed E-state index contributed by atoms with van der Waals surface area (Å²) in [5.74, 6) is 2.25. The Balaban J connectivity index is 1.57. The van der Waals surface area contributed by atoms with E-state index in [1.54, 1.807) is 41.1 Å². The van der Waals surface area contributed by atoms with E-state index in [1.807, 2.05) is 6.07 Å². The molecule has 0 atom stereocenters. The standard InChI is InChI=1S/C21H19FN6O/c22-15-8-2-1-5-14(15)12-28-21(17-11-18(29-27-17)13-6-3-7-13)25-20(26-28)16-9-4-10-19(23)24-16/h1-2,4-5,8-11,13H,3,6-7,12H2,(H2,23,24). The fourth-order valence-electron chi connectivity index (χ4n) is 3.39. The Bertz CT molecular complexity index is 1160. The Hall–Kier alpha value is -3.55. The van der Waals surface area contributed by atoms with E-state index in [4.69, 9.17) is 10.3 Å². The molecular weight excluding hydrogens is 371 g/mol. The molecular formula is C21H19FN6O. The van der Waals surface area contributed by atoms with Crippen molar-refractivity contribution >= 4 is 5.82 Å². The summed E-state index contributed by atoms with van der Waals surface area (Å²) in [6.07, 6.45) is 3.42. The SMILES string of the molecule is Nc1cccc(-c2nc(-c3cc(C4CCC4)on3)n(Cc3ccccc3F)n2)n1. The van der Waals surface area contributed by atoms with Gasteiger partial charge in [0, 0.05) is 17.5 Å². The van der Waals surface area contributed by atoms with Crippen molar-refractivity contribution < 1.29 is 8.91 Å². The number of nitrogens with zero attached hydrogens (tertiary/aromatic N) is 5. The second-order valence-electron chi connectivity index (χ2n) is 7.20. The highest BCUT2D eigenvalue weighted by Crippen LogP contribution is 2.37. The fraction of sp³-hybridized carbons (Fsp3) is 0.238. The quantitative estimate of drug-likeness (QED) is 0.553. The van der Waals surface area contributed by atoms with E-state index in [2.05, 4.69) is 20.2 Å². The van der Waals surface area contributed by atoms with Crippen molar-refractivity contribution in [1.29, 1.82) is 0 Å². The van der Waals surface area contributed by atoms with Crippen LogP contribution in [-0.4, -0.2) is 24.9 Å². The number of nitrogens with two attached hydrogens (primary N) is 1. The molecule has 3 aromatic heterocycles. The molecule has 5 rings (SSSR count). The summed E-state index contributed by atoms with van der Waals surface area (Å²) in [7, 11) is 0. The maximum absolute atomic E-state index is 14.2. The molecule has 1 aromatic carbocycles. The molecule has 1 fully saturated rings. The van der Waals surface area contributed by atoms with Crippen LogP contribution in [-0.2, 0) is 6.54 Å². The first kappa shape index (κ1) is 17.5. The lowest BCUT2D eigenvalue weighted by molar-refractivity contribution is 0.301. The topological polar surface area (TPSA) is 95.7 Å². The van der Waals surface area contributed by atoms with Gasteiger partial charge >= 0.3 is 0 Å². The number of anilines is 1. The van der Waals surface area contributed by atoms with E-state index in [0.717, 1.165) is 18.6 Å². The molecule has 0 unspecified atom stereocenters. The van der Waals surface area contributed by atoms with Gasteiger partial charge in [-0.3, -0.25) is 0 Å². The van der Waals surface area contributed by atoms with Gasteiger partial charge in [0.05, 0.1) is 6.54 Å². The summed E-state index contributed by atoms with van der Waals surface area (Å²) < 4.78 is 21.4. The van der Waals surface area contributed by atoms with Crippen molar-refractivity contribution in [1.82, 2.24) is 24.9 Å². The maximum atomic E-state index is 14.2. The van der Waals surface area contributed by atoms with E-state index in [-0.39, 0.29) is 12.4 Å². The summed E-state index contributed by atoms with van der Waals surface area (Å²) in [6, 6.07) is 13.8. The van der Waals surface area contributed by atoms with Crippen LogP contribution in [0.2, 0.25) is 0 Å². The van der Waals surface area contributed by atoms with Gasteiger partial charge in [-0.05, 0) is 31.0 Å². The Morgan fingerprint density at radius 2 is 1.93 bits per heavy atom. The second-order valence-corrected chi connectivity index (χ2v) is 7.20. The molecule has 0 spiro atoms. The van der Waals surface area contributed by atoms with Crippen LogP contribution >= 0.6 is 0 Å². The number of benzene rings is 1. The third-order valence-electron chi connectivity index (χ3n) is 5.21. The van der Waals surface area contributed by atoms with Gasteiger partial charge < -0.3 is 10.3 Å². The van der Waals surface area contributed by atoms with Gasteiger partial charge in [-0.2, -0.15) is 0 Å². The van der Waals surface area contributed by atoms with Crippen molar-refractivity contribution in [2.75, 3.05) is 5.73 Å². The average Bonchev–Trinajstić information content (AvgIpc) is 3.29. The Kier molecular flexibility index (Phi) is 4.31. The first-order valence-corrected chi connectivity index (χ1v) is 9.55. The van der Waals surface area contributed by atoms with Gasteiger partial charge in [-0.15, -0.1) is 5.10 Å². The molecule has 3 heterocycles. The molecule has 2 N–H and O–H groups in total. The van der Waals surface area contributed by atoms with Crippen molar-refractivity contribution in [2.45, 2.75) is 31.7 Å². The van der Waals surface area contributed by atoms with Gasteiger partial charge in [0.15, 0.2) is 17.3 Å². The number of halogens is 1. The molecule has 1 saturated carbocycles. The average molecular weight is 390 g/mol. The Labute approximate surface area is 166 Å². The number of nitrogen functional groups attached to an aromatic ring is 1. The third kappa shape index (κ3) is 3.37. The molecule has 8 heteroatoms. The zero-order chi connectivity index (χ0) is 19.8. The zero-order valence-electron chi connectivity index (χ0n) is 15.6. The molecule has 1 aliphatic rings. The zero-order valence-corrected chi connectivity index (χ0v) is 15.6. The van der Waals surface area contributed by atoms with Gasteiger partial charge in [-0.25, -0.2) is 19.0 Å². The molecule has 0 amide bonds. The number of pyridine rings is 1. The maximum Gasteiger partial charge on any atom is 0.200 e. The molecule has 7 nitrogen and oxygen atoms in total. The number of hydrogen-bond donors (Lipinski definition) is 1. The van der Waals surface area contributed by atoms with Gasteiger partial charge in [0.1, 0.15) is 23.1 Å². The Morgan fingerprint density at radius 1 is 1.07 bits per heavy atom. The minimum Gasteiger partial charge on any atom is -0.384 e. The van der Waals surface area contributed by atoms with Crippen molar-refractivity contribution in [3.05, 3.63) is 65.7 Å². The van der Waals surface area contributed by atoms with Crippen molar-refractivity contribution in [2.24, 2.45) is 0 Å². The first-order valence-electron chi connectivity index (χ1n) is 9.55. The Morgan fingerprint density at radius 3 is 2.69 bits per heavy atom. The minimum atomic E-state index is -0.298. The van der Waals surface area contributed by atoms with Crippen LogP contribution in [0.25, 0.3) is 23.0 Å². The first-order chi connectivity index (χ1) is 14.2. The fourth-order valence-corrected chi connectivity index (χ4v) is 3.39. The number of rotatable bonds is 5. The van der Waals surface area contributed by atoms with Gasteiger partial charge in [0.25, 0.3) is 0 Å². The largest absolute Gasteiger partial charge is 0.384 e. The lowest BCUT2D eigenvalue weighted by atomic mass is 9.83. The van der Waals surface area contributed by atoms with Crippen LogP contribution in [0.4, 0.5) is 10.2 Å². The normalized spacial score (nSPS) is 14.1. The van der Waals surface area contributed by atoms with Crippen molar-refractivity contribution in [3.63, 3.8) is 0 Å². The molecule has 0 aliphatic heterocycles. The monoisotopic (exact) mass is 390 g/mol. The lowest BCUT2D eigenvalue weighted by Crippen LogP contribution is -2.07. The van der Waals surface area contributed by atoms with Crippen LogP contribution < -0.4 is 5.73 Å². The highest BCUT2D eigenvalue weighted by atomic mass is 19.1. The molecule has 29 heavy (non-hydrogen) atoms. The summed E-state index contributed by atoms with van der Waals surface area (Å²) in [6.45, 7) is 0.211. The van der Waals surface area contributed by atoms with Crippen LogP contribution in [0.15, 0.2) is 53.1 Å². The van der Waals surface area contributed by atoms with Crippen LogP contribution in [0, 0.1) is 5.82 Å². The highest BCUT2D eigenvalue weighted by Gasteiger charge is 2.26. The van der Waals surface area contributed by atoms with E-state index >= 15 is 0 Å². The van der Waals surface area contributed by atoms with Crippen molar-refractivity contribution in [3.8, 4) is 23.0 Å². The summed E-state index contributed by atoms with van der Waals surface area (Å²) in [5.41, 5.74) is 7.43. The second kappa shape index (κ2) is 7.12. The predicted molar refractivity (Wildman–Crippen MR) is 105 cm³/mol. The number of aromatic nitrogens is 5. The summed E-state index contributed by atoms with van der Waals surface area (Å²) in [5, 5.41) is 8.76. The molecule has 0 saturated heterocycles. The van der Waals surface area contributed by atoms with E-state index in [1.165, 1.54) is 12.5 Å². The van der Waals surface area contributed by atoms with Crippen LogP contribution in [0.5, 0.6) is 0 Å². The number of hydrogen-bond acceptors (Lipinski definition) is 6.